The first-order valence-corrected chi connectivity index (χ1v) is 11.3. The van der Waals surface area contributed by atoms with E-state index >= 15 is 0 Å². The third-order valence-corrected chi connectivity index (χ3v) is 7.79. The fourth-order valence-corrected chi connectivity index (χ4v) is 6.39. The molecule has 0 radical (unpaired) electrons. The first-order valence-electron chi connectivity index (χ1n) is 11.3. The second-order valence-corrected chi connectivity index (χ2v) is 9.29. The van der Waals surface area contributed by atoms with E-state index in [-0.39, 0.29) is 52.5 Å². The lowest BCUT2D eigenvalue weighted by atomic mass is 9.68. The van der Waals surface area contributed by atoms with Crippen LogP contribution in [-0.4, -0.2) is 59.0 Å². The highest BCUT2D eigenvalue weighted by atomic mass is 16.6. The molecule has 31 heavy (non-hydrogen) atoms. The summed E-state index contributed by atoms with van der Waals surface area (Å²) in [6.07, 6.45) is 10.2. The van der Waals surface area contributed by atoms with E-state index < -0.39 is 12.6 Å². The monoisotopic (exact) mass is 429 g/mol. The smallest absolute Gasteiger partial charge is 0.345 e. The Balaban J connectivity index is 1.60. The summed E-state index contributed by atoms with van der Waals surface area (Å²) in [5.41, 5.74) is -0.120. The van der Waals surface area contributed by atoms with Gasteiger partial charge in [-0.15, -0.1) is 0 Å². The third-order valence-electron chi connectivity index (χ3n) is 7.79. The van der Waals surface area contributed by atoms with Gasteiger partial charge in [-0.1, -0.05) is 26.0 Å². The van der Waals surface area contributed by atoms with Crippen LogP contribution in [0.25, 0.3) is 0 Å². The van der Waals surface area contributed by atoms with E-state index in [1.807, 2.05) is 6.92 Å². The summed E-state index contributed by atoms with van der Waals surface area (Å²) in [5.74, 6) is 1.64. The van der Waals surface area contributed by atoms with Crippen LogP contribution in [-0.2, 0) is 19.0 Å². The molecule has 6 atom stereocenters. The molecule has 7 nitrogen and oxygen atoms in total. The van der Waals surface area contributed by atoms with E-state index in [4.69, 9.17) is 14.2 Å². The van der Waals surface area contributed by atoms with Crippen LogP contribution in [0.1, 0.15) is 39.5 Å². The zero-order valence-corrected chi connectivity index (χ0v) is 18.3. The van der Waals surface area contributed by atoms with Crippen molar-refractivity contribution < 1.29 is 29.2 Å². The number of nitrogens with zero attached hydrogens (tertiary/aromatic N) is 1. The Hall–Kier alpha value is -2.09. The van der Waals surface area contributed by atoms with Crippen LogP contribution in [0, 0.1) is 17.8 Å². The van der Waals surface area contributed by atoms with Gasteiger partial charge in [0.15, 0.2) is 11.5 Å². The summed E-state index contributed by atoms with van der Waals surface area (Å²) in [4.78, 5) is 14.8. The largest absolute Gasteiger partial charge is 0.492 e. The molecule has 2 bridgehead atoms. The molecule has 0 aromatic heterocycles. The number of rotatable bonds is 4. The number of carbonyl (C=O) groups is 1. The maximum Gasteiger partial charge on any atom is 0.345 e. The SMILES string of the molecule is CC[C@H](O)[C@@H]1CCC[C@@]23C=C[C@@H](C=C4O/C(=C5\OC(=O)C(CO)=C5OC)[C@@H](C)[C@@H]42)CN13. The molecule has 2 N–H and O–H groups in total. The minimum atomic E-state index is -0.594. The lowest BCUT2D eigenvalue weighted by Gasteiger charge is -2.55. The predicted molar refractivity (Wildman–Crippen MR) is 112 cm³/mol. The predicted octanol–water partition coefficient (Wildman–Crippen LogP) is 2.38. The number of aliphatic hydroxyl groups is 2. The Morgan fingerprint density at radius 1 is 1.39 bits per heavy atom. The second-order valence-electron chi connectivity index (χ2n) is 9.29. The molecular formula is C24H31NO6. The van der Waals surface area contributed by atoms with Crippen LogP contribution >= 0.6 is 0 Å². The standard InChI is InChI=1S/C24H31NO6/c1-4-17(27)16-6-5-8-24-9-7-14(11-25(16)24)10-18-19(24)13(2)20(30-18)22-21(29-3)15(12-26)23(28)31-22/h7,9-10,13-14,16-17,19,26-27H,4-6,8,11-12H2,1-3H3/b22-20-/t13-,14-,16-,17-,19-,24+/m0/s1. The average Bonchev–Trinajstić information content (AvgIpc) is 3.17. The maximum absolute atomic E-state index is 12.3. The number of piperidine rings is 1. The van der Waals surface area contributed by atoms with Gasteiger partial charge in [-0.25, -0.2) is 4.79 Å². The molecule has 1 spiro atoms. The first kappa shape index (κ1) is 20.8. The quantitative estimate of drug-likeness (QED) is 0.524. The summed E-state index contributed by atoms with van der Waals surface area (Å²) in [6.45, 7) is 4.58. The minimum Gasteiger partial charge on any atom is -0.492 e. The molecule has 2 fully saturated rings. The van der Waals surface area contributed by atoms with E-state index in [2.05, 4.69) is 30.1 Å². The number of ether oxygens (including phenoxy) is 3. The number of allylic oxidation sites excluding steroid dienone is 1. The number of aliphatic hydroxyl groups excluding tert-OH is 2. The van der Waals surface area contributed by atoms with Crippen molar-refractivity contribution in [2.75, 3.05) is 20.3 Å². The van der Waals surface area contributed by atoms with Gasteiger partial charge in [-0.2, -0.15) is 0 Å². The van der Waals surface area contributed by atoms with Crippen molar-refractivity contribution in [2.24, 2.45) is 17.8 Å². The molecule has 6 rings (SSSR count). The molecule has 168 valence electrons. The van der Waals surface area contributed by atoms with Crippen molar-refractivity contribution >= 4 is 5.97 Å². The Morgan fingerprint density at radius 2 is 2.19 bits per heavy atom. The summed E-state index contributed by atoms with van der Waals surface area (Å²) in [5, 5.41) is 20.4. The second kappa shape index (κ2) is 7.50. The molecule has 2 saturated heterocycles. The van der Waals surface area contributed by atoms with Crippen molar-refractivity contribution in [2.45, 2.75) is 57.2 Å². The molecular weight excluding hydrogens is 398 g/mol. The molecule has 0 aromatic carbocycles. The summed E-state index contributed by atoms with van der Waals surface area (Å²) >= 11 is 0. The molecule has 0 amide bonds. The van der Waals surface area contributed by atoms with Crippen LogP contribution in [0.5, 0.6) is 0 Å². The van der Waals surface area contributed by atoms with Crippen molar-refractivity contribution in [1.29, 1.82) is 0 Å². The van der Waals surface area contributed by atoms with Crippen molar-refractivity contribution in [1.82, 2.24) is 4.90 Å². The number of hydrogen-bond acceptors (Lipinski definition) is 7. The number of esters is 1. The van der Waals surface area contributed by atoms with E-state index in [1.165, 1.54) is 7.11 Å². The fourth-order valence-electron chi connectivity index (χ4n) is 6.39. The van der Waals surface area contributed by atoms with Gasteiger partial charge in [-0.05, 0) is 31.8 Å². The maximum atomic E-state index is 12.3. The van der Waals surface area contributed by atoms with E-state index in [0.29, 0.717) is 5.76 Å². The van der Waals surface area contributed by atoms with Gasteiger partial charge in [0.05, 0.1) is 25.4 Å². The number of hydrogen-bond donors (Lipinski definition) is 2. The molecule has 5 aliphatic heterocycles. The lowest BCUT2D eigenvalue weighted by Crippen LogP contribution is -2.64. The molecule has 0 unspecified atom stereocenters. The number of cyclic esters (lactones) is 1. The first-order chi connectivity index (χ1) is 14.9. The average molecular weight is 430 g/mol. The van der Waals surface area contributed by atoms with Gasteiger partial charge >= 0.3 is 5.97 Å². The van der Waals surface area contributed by atoms with Gasteiger partial charge < -0.3 is 24.4 Å². The number of carbonyl (C=O) groups excluding carboxylic acids is 1. The fraction of sp³-hybridized carbons (Fsp3) is 0.625. The van der Waals surface area contributed by atoms with Crippen LogP contribution in [0.15, 0.2) is 46.8 Å². The Labute approximate surface area is 182 Å². The van der Waals surface area contributed by atoms with E-state index in [9.17, 15) is 15.0 Å². The highest BCUT2D eigenvalue weighted by molar-refractivity contribution is 5.94. The third kappa shape index (κ3) is 2.86. The molecule has 1 aliphatic carbocycles. The van der Waals surface area contributed by atoms with Gasteiger partial charge in [0, 0.05) is 30.3 Å². The van der Waals surface area contributed by atoms with Crippen LogP contribution in [0.4, 0.5) is 0 Å². The topological polar surface area (TPSA) is 88.5 Å². The van der Waals surface area contributed by atoms with E-state index in [0.717, 1.165) is 38.0 Å². The van der Waals surface area contributed by atoms with Crippen molar-refractivity contribution in [3.05, 3.63) is 46.8 Å². The normalized spacial score (nSPS) is 40.2. The van der Waals surface area contributed by atoms with Crippen LogP contribution in [0.2, 0.25) is 0 Å². The zero-order valence-electron chi connectivity index (χ0n) is 18.3. The molecule has 0 aromatic rings. The van der Waals surface area contributed by atoms with Gasteiger partial charge in [0.1, 0.15) is 11.3 Å². The highest BCUT2D eigenvalue weighted by Gasteiger charge is 2.59. The lowest BCUT2D eigenvalue weighted by molar-refractivity contribution is -0.133. The molecule has 6 aliphatic rings. The van der Waals surface area contributed by atoms with Gasteiger partial charge in [0.25, 0.3) is 0 Å². The molecule has 5 heterocycles. The Bertz CT molecular complexity index is 917. The van der Waals surface area contributed by atoms with Gasteiger partial charge in [0.2, 0.25) is 5.76 Å². The number of methoxy groups -OCH3 is 1. The van der Waals surface area contributed by atoms with Crippen molar-refractivity contribution in [3.63, 3.8) is 0 Å². The Kier molecular flexibility index (Phi) is 5.03. The molecule has 7 heteroatoms. The van der Waals surface area contributed by atoms with E-state index in [1.54, 1.807) is 0 Å². The van der Waals surface area contributed by atoms with Crippen molar-refractivity contribution in [3.8, 4) is 0 Å². The zero-order chi connectivity index (χ0) is 21.9. The summed E-state index contributed by atoms with van der Waals surface area (Å²) in [7, 11) is 1.47. The minimum absolute atomic E-state index is 0.0561. The summed E-state index contributed by atoms with van der Waals surface area (Å²) < 4.78 is 17.3. The van der Waals surface area contributed by atoms with Gasteiger partial charge in [-0.3, -0.25) is 4.90 Å². The summed E-state index contributed by atoms with van der Waals surface area (Å²) in [6, 6.07) is 0.127. The Morgan fingerprint density at radius 3 is 2.90 bits per heavy atom. The highest BCUT2D eigenvalue weighted by Crippen LogP contribution is 2.56. The van der Waals surface area contributed by atoms with Crippen LogP contribution < -0.4 is 0 Å². The molecule has 0 saturated carbocycles. The van der Waals surface area contributed by atoms with Crippen LogP contribution in [0.3, 0.4) is 0 Å².